The Morgan fingerprint density at radius 2 is 2.00 bits per heavy atom. The lowest BCUT2D eigenvalue weighted by molar-refractivity contribution is 0.0944. The Morgan fingerprint density at radius 1 is 1.14 bits per heavy atom. The SMILES string of the molecule is Cc1ccccc1-n1nc(C(=O)NCc2ccc3c(c2)CNC3)c2c1CCC2. The third kappa shape index (κ3) is 2.92. The van der Waals surface area contributed by atoms with Gasteiger partial charge in [-0.3, -0.25) is 4.79 Å². The topological polar surface area (TPSA) is 59.0 Å². The van der Waals surface area contributed by atoms with Crippen molar-refractivity contribution in [1.82, 2.24) is 20.4 Å². The molecule has 5 nitrogen and oxygen atoms in total. The van der Waals surface area contributed by atoms with E-state index < -0.39 is 0 Å². The van der Waals surface area contributed by atoms with Crippen molar-refractivity contribution in [2.24, 2.45) is 0 Å². The van der Waals surface area contributed by atoms with Crippen LogP contribution in [0.15, 0.2) is 42.5 Å². The number of rotatable bonds is 4. The number of aryl methyl sites for hydroxylation is 1. The van der Waals surface area contributed by atoms with Crippen molar-refractivity contribution < 1.29 is 4.79 Å². The molecule has 1 aliphatic heterocycles. The molecule has 3 aromatic rings. The van der Waals surface area contributed by atoms with Crippen LogP contribution in [-0.2, 0) is 32.5 Å². The van der Waals surface area contributed by atoms with Crippen molar-refractivity contribution in [3.05, 3.63) is 81.7 Å². The van der Waals surface area contributed by atoms with Crippen LogP contribution in [-0.4, -0.2) is 15.7 Å². The van der Waals surface area contributed by atoms with Gasteiger partial charge >= 0.3 is 0 Å². The number of benzene rings is 2. The van der Waals surface area contributed by atoms with Gasteiger partial charge in [-0.15, -0.1) is 0 Å². The number of amides is 1. The smallest absolute Gasteiger partial charge is 0.272 e. The molecule has 0 spiro atoms. The molecular formula is C23H24N4O. The van der Waals surface area contributed by atoms with Gasteiger partial charge in [0.05, 0.1) is 5.69 Å². The van der Waals surface area contributed by atoms with E-state index in [-0.39, 0.29) is 5.91 Å². The number of hydrogen-bond donors (Lipinski definition) is 2. The molecule has 0 atom stereocenters. The highest BCUT2D eigenvalue weighted by molar-refractivity contribution is 5.94. The van der Waals surface area contributed by atoms with Crippen molar-refractivity contribution in [3.63, 3.8) is 0 Å². The van der Waals surface area contributed by atoms with Crippen LogP contribution < -0.4 is 10.6 Å². The van der Waals surface area contributed by atoms with Gasteiger partial charge in [0.2, 0.25) is 0 Å². The van der Waals surface area contributed by atoms with Gasteiger partial charge in [-0.1, -0.05) is 36.4 Å². The summed E-state index contributed by atoms with van der Waals surface area (Å²) in [6, 6.07) is 14.6. The molecule has 5 heteroatoms. The number of hydrogen-bond acceptors (Lipinski definition) is 3. The van der Waals surface area contributed by atoms with Gasteiger partial charge in [-0.2, -0.15) is 5.10 Å². The summed E-state index contributed by atoms with van der Waals surface area (Å²) in [6.45, 7) is 4.45. The van der Waals surface area contributed by atoms with E-state index in [1.807, 2.05) is 16.8 Å². The van der Waals surface area contributed by atoms with Crippen molar-refractivity contribution in [2.75, 3.05) is 0 Å². The predicted octanol–water partition coefficient (Wildman–Crippen LogP) is 3.20. The fraction of sp³-hybridized carbons (Fsp3) is 0.304. The van der Waals surface area contributed by atoms with Crippen LogP contribution in [0.4, 0.5) is 0 Å². The monoisotopic (exact) mass is 372 g/mol. The highest BCUT2D eigenvalue weighted by Gasteiger charge is 2.27. The van der Waals surface area contributed by atoms with Gasteiger partial charge in [-0.25, -0.2) is 4.68 Å². The van der Waals surface area contributed by atoms with E-state index >= 15 is 0 Å². The third-order valence-corrected chi connectivity index (χ3v) is 5.84. The molecule has 1 amide bonds. The van der Waals surface area contributed by atoms with Gasteiger partial charge in [0.1, 0.15) is 0 Å². The average molecular weight is 372 g/mol. The normalized spacial score (nSPS) is 14.8. The van der Waals surface area contributed by atoms with Gasteiger partial charge in [0.25, 0.3) is 5.91 Å². The first kappa shape index (κ1) is 17.2. The van der Waals surface area contributed by atoms with Crippen molar-refractivity contribution in [1.29, 1.82) is 0 Å². The summed E-state index contributed by atoms with van der Waals surface area (Å²) in [5, 5.41) is 11.2. The maximum absolute atomic E-state index is 12.9. The molecule has 2 heterocycles. The van der Waals surface area contributed by atoms with Crippen LogP contribution in [0.2, 0.25) is 0 Å². The number of carbonyl (C=O) groups excluding carboxylic acids is 1. The Bertz CT molecular complexity index is 1070. The van der Waals surface area contributed by atoms with E-state index in [0.717, 1.165) is 49.2 Å². The largest absolute Gasteiger partial charge is 0.347 e. The lowest BCUT2D eigenvalue weighted by Crippen LogP contribution is -2.24. The van der Waals surface area contributed by atoms with E-state index in [1.54, 1.807) is 0 Å². The maximum atomic E-state index is 12.9. The molecule has 5 rings (SSSR count). The lowest BCUT2D eigenvalue weighted by atomic mass is 10.1. The van der Waals surface area contributed by atoms with E-state index in [9.17, 15) is 4.79 Å². The predicted molar refractivity (Wildman–Crippen MR) is 108 cm³/mol. The molecule has 0 unspecified atom stereocenters. The molecule has 0 saturated carbocycles. The van der Waals surface area contributed by atoms with Crippen LogP contribution in [0.5, 0.6) is 0 Å². The lowest BCUT2D eigenvalue weighted by Gasteiger charge is -2.08. The summed E-state index contributed by atoms with van der Waals surface area (Å²) < 4.78 is 1.98. The van der Waals surface area contributed by atoms with E-state index in [0.29, 0.717) is 12.2 Å². The van der Waals surface area contributed by atoms with Crippen LogP contribution >= 0.6 is 0 Å². The number of carbonyl (C=O) groups is 1. The second kappa shape index (κ2) is 6.91. The van der Waals surface area contributed by atoms with Crippen molar-refractivity contribution >= 4 is 5.91 Å². The second-order valence-corrected chi connectivity index (χ2v) is 7.71. The molecular weight excluding hydrogens is 348 g/mol. The Kier molecular flexibility index (Phi) is 4.24. The molecule has 0 radical (unpaired) electrons. The fourth-order valence-corrected chi connectivity index (χ4v) is 4.34. The molecule has 28 heavy (non-hydrogen) atoms. The molecule has 0 saturated heterocycles. The van der Waals surface area contributed by atoms with Gasteiger partial charge < -0.3 is 10.6 Å². The number of aromatic nitrogens is 2. The Hall–Kier alpha value is -2.92. The first-order chi connectivity index (χ1) is 13.7. The zero-order chi connectivity index (χ0) is 19.1. The van der Waals surface area contributed by atoms with Gasteiger partial charge in [0.15, 0.2) is 5.69 Å². The van der Waals surface area contributed by atoms with E-state index in [2.05, 4.69) is 47.9 Å². The minimum atomic E-state index is -0.0795. The first-order valence-corrected chi connectivity index (χ1v) is 9.97. The minimum absolute atomic E-state index is 0.0795. The highest BCUT2D eigenvalue weighted by atomic mass is 16.1. The second-order valence-electron chi connectivity index (χ2n) is 7.71. The molecule has 2 N–H and O–H groups in total. The zero-order valence-corrected chi connectivity index (χ0v) is 16.1. The number of fused-ring (bicyclic) bond motifs is 2. The van der Waals surface area contributed by atoms with Crippen molar-refractivity contribution in [3.8, 4) is 5.69 Å². The average Bonchev–Trinajstić information content (AvgIpc) is 3.42. The standard InChI is InChI=1S/C23H24N4O/c1-15-5-2-3-7-20(15)27-21-8-4-6-19(21)22(26-27)23(28)25-12-16-9-10-17-13-24-14-18(17)11-16/h2-3,5,7,9-11,24H,4,6,8,12-14H2,1H3,(H,25,28). The Balaban J connectivity index is 1.40. The van der Waals surface area contributed by atoms with Crippen LogP contribution in [0.25, 0.3) is 5.69 Å². The van der Waals surface area contributed by atoms with Crippen LogP contribution in [0.3, 0.4) is 0 Å². The Labute approximate surface area is 164 Å². The van der Waals surface area contributed by atoms with E-state index in [4.69, 9.17) is 5.10 Å². The summed E-state index contributed by atoms with van der Waals surface area (Å²) in [5.74, 6) is -0.0795. The molecule has 2 aromatic carbocycles. The summed E-state index contributed by atoms with van der Waals surface area (Å²) in [6.07, 6.45) is 2.98. The first-order valence-electron chi connectivity index (χ1n) is 9.97. The quantitative estimate of drug-likeness (QED) is 0.739. The van der Waals surface area contributed by atoms with E-state index in [1.165, 1.54) is 22.4 Å². The van der Waals surface area contributed by atoms with Crippen molar-refractivity contribution in [2.45, 2.75) is 45.8 Å². The molecule has 1 aliphatic carbocycles. The Morgan fingerprint density at radius 3 is 2.89 bits per heavy atom. The minimum Gasteiger partial charge on any atom is -0.347 e. The van der Waals surface area contributed by atoms with Gasteiger partial charge in [-0.05, 0) is 54.5 Å². The fourth-order valence-electron chi connectivity index (χ4n) is 4.34. The summed E-state index contributed by atoms with van der Waals surface area (Å²) in [5.41, 5.74) is 8.91. The zero-order valence-electron chi connectivity index (χ0n) is 16.1. The third-order valence-electron chi connectivity index (χ3n) is 5.84. The maximum Gasteiger partial charge on any atom is 0.272 e. The number of para-hydroxylation sites is 1. The molecule has 1 aromatic heterocycles. The summed E-state index contributed by atoms with van der Waals surface area (Å²) in [4.78, 5) is 12.9. The molecule has 0 bridgehead atoms. The molecule has 0 fully saturated rings. The molecule has 142 valence electrons. The highest BCUT2D eigenvalue weighted by Crippen LogP contribution is 2.29. The number of nitrogens with one attached hydrogen (secondary N) is 2. The summed E-state index contributed by atoms with van der Waals surface area (Å²) in [7, 11) is 0. The number of nitrogens with zero attached hydrogens (tertiary/aromatic N) is 2. The van der Waals surface area contributed by atoms with Crippen LogP contribution in [0, 0.1) is 6.92 Å². The van der Waals surface area contributed by atoms with Gasteiger partial charge in [0, 0.05) is 30.9 Å². The molecule has 2 aliphatic rings. The summed E-state index contributed by atoms with van der Waals surface area (Å²) >= 11 is 0. The van der Waals surface area contributed by atoms with Crippen LogP contribution in [0.1, 0.15) is 50.4 Å².